The van der Waals surface area contributed by atoms with Crippen LogP contribution in [-0.2, 0) is 20.9 Å². The van der Waals surface area contributed by atoms with Crippen LogP contribution < -0.4 is 4.74 Å². The minimum Gasteiger partial charge on any atom is -0.493 e. The number of aryl methyl sites for hydroxylation is 2. The van der Waals surface area contributed by atoms with Crippen molar-refractivity contribution in [2.75, 3.05) is 20.3 Å². The molecule has 0 unspecified atom stereocenters. The Bertz CT molecular complexity index is 743. The zero-order valence-electron chi connectivity index (χ0n) is 15.5. The van der Waals surface area contributed by atoms with E-state index in [1.165, 1.54) is 12.0 Å². The van der Waals surface area contributed by atoms with Crippen LogP contribution in [0.25, 0.3) is 0 Å². The van der Waals surface area contributed by atoms with Crippen LogP contribution in [0.15, 0.2) is 48.5 Å². The molecule has 0 bridgehead atoms. The normalized spacial score (nSPS) is 10.3. The number of benzene rings is 2. The van der Waals surface area contributed by atoms with E-state index in [1.807, 2.05) is 62.4 Å². The summed E-state index contributed by atoms with van der Waals surface area (Å²) < 4.78 is 10.4. The van der Waals surface area contributed by atoms with Crippen LogP contribution in [0.3, 0.4) is 0 Å². The molecule has 138 valence electrons. The molecule has 5 heteroatoms. The van der Waals surface area contributed by atoms with Crippen molar-refractivity contribution in [2.45, 2.75) is 26.8 Å². The molecule has 0 radical (unpaired) electrons. The minimum atomic E-state index is -0.440. The lowest BCUT2D eigenvalue weighted by Crippen LogP contribution is -2.36. The summed E-state index contributed by atoms with van der Waals surface area (Å²) in [6.07, 6.45) is 0.192. The summed E-state index contributed by atoms with van der Waals surface area (Å²) in [5.74, 6) is 0.180. The van der Waals surface area contributed by atoms with E-state index in [9.17, 15) is 9.59 Å². The van der Waals surface area contributed by atoms with E-state index in [2.05, 4.69) is 0 Å². The fourth-order valence-electron chi connectivity index (χ4n) is 2.62. The van der Waals surface area contributed by atoms with Crippen molar-refractivity contribution in [1.82, 2.24) is 4.90 Å². The van der Waals surface area contributed by atoms with Crippen LogP contribution in [-0.4, -0.2) is 37.0 Å². The van der Waals surface area contributed by atoms with Crippen molar-refractivity contribution in [3.8, 4) is 5.75 Å². The first-order chi connectivity index (χ1) is 12.5. The molecular weight excluding hydrogens is 330 g/mol. The van der Waals surface area contributed by atoms with E-state index in [-0.39, 0.29) is 25.5 Å². The molecule has 0 spiro atoms. The first-order valence-corrected chi connectivity index (χ1v) is 8.58. The highest BCUT2D eigenvalue weighted by Crippen LogP contribution is 2.19. The number of nitrogens with zero attached hydrogens (tertiary/aromatic N) is 1. The Hall–Kier alpha value is -2.82. The van der Waals surface area contributed by atoms with Crippen molar-refractivity contribution in [1.29, 1.82) is 0 Å². The van der Waals surface area contributed by atoms with Gasteiger partial charge in [0.05, 0.1) is 20.1 Å². The van der Waals surface area contributed by atoms with Crippen molar-refractivity contribution < 1.29 is 19.1 Å². The highest BCUT2D eigenvalue weighted by Gasteiger charge is 2.18. The molecule has 0 fully saturated rings. The third-order valence-electron chi connectivity index (χ3n) is 4.02. The van der Waals surface area contributed by atoms with Crippen LogP contribution in [0.2, 0.25) is 0 Å². The maximum absolute atomic E-state index is 12.6. The third-order valence-corrected chi connectivity index (χ3v) is 4.02. The summed E-state index contributed by atoms with van der Waals surface area (Å²) in [6, 6.07) is 15.5. The summed E-state index contributed by atoms with van der Waals surface area (Å²) in [4.78, 5) is 25.7. The van der Waals surface area contributed by atoms with Crippen molar-refractivity contribution >= 4 is 11.9 Å². The maximum Gasteiger partial charge on any atom is 0.325 e. The fourth-order valence-corrected chi connectivity index (χ4v) is 2.62. The van der Waals surface area contributed by atoms with Gasteiger partial charge in [0.1, 0.15) is 12.3 Å². The second-order valence-corrected chi connectivity index (χ2v) is 6.18. The molecule has 0 N–H and O–H groups in total. The largest absolute Gasteiger partial charge is 0.493 e. The van der Waals surface area contributed by atoms with E-state index >= 15 is 0 Å². The van der Waals surface area contributed by atoms with E-state index in [1.54, 1.807) is 0 Å². The zero-order chi connectivity index (χ0) is 18.9. The van der Waals surface area contributed by atoms with Crippen LogP contribution in [0.4, 0.5) is 0 Å². The van der Waals surface area contributed by atoms with Gasteiger partial charge in [0.25, 0.3) is 0 Å². The SMILES string of the molecule is COC(=O)CN(Cc1ccccc1)C(=O)CCOc1ccc(C)cc1C. The first-order valence-electron chi connectivity index (χ1n) is 8.58. The van der Waals surface area contributed by atoms with E-state index < -0.39 is 5.97 Å². The zero-order valence-corrected chi connectivity index (χ0v) is 15.5. The highest BCUT2D eigenvalue weighted by molar-refractivity contribution is 5.82. The van der Waals surface area contributed by atoms with Crippen molar-refractivity contribution in [3.63, 3.8) is 0 Å². The standard InChI is InChI=1S/C21H25NO4/c1-16-9-10-19(17(2)13-16)26-12-11-20(23)22(15-21(24)25-3)14-18-7-5-4-6-8-18/h4-10,13H,11-12,14-15H2,1-3H3. The fraction of sp³-hybridized carbons (Fsp3) is 0.333. The van der Waals surface area contributed by atoms with Gasteiger partial charge in [-0.1, -0.05) is 48.0 Å². The number of hydrogen-bond acceptors (Lipinski definition) is 4. The number of esters is 1. The molecule has 0 aliphatic carbocycles. The van der Waals surface area contributed by atoms with Gasteiger partial charge in [-0.25, -0.2) is 0 Å². The number of hydrogen-bond donors (Lipinski definition) is 0. The highest BCUT2D eigenvalue weighted by atomic mass is 16.5. The lowest BCUT2D eigenvalue weighted by Gasteiger charge is -2.22. The summed E-state index contributed by atoms with van der Waals surface area (Å²) in [5.41, 5.74) is 3.16. The molecule has 0 saturated heterocycles. The average Bonchev–Trinajstić information content (AvgIpc) is 2.63. The van der Waals surface area contributed by atoms with Crippen molar-refractivity contribution in [3.05, 3.63) is 65.2 Å². The molecule has 26 heavy (non-hydrogen) atoms. The molecule has 2 aromatic rings. The molecule has 0 saturated carbocycles. The lowest BCUT2D eigenvalue weighted by molar-refractivity contribution is -0.147. The summed E-state index contributed by atoms with van der Waals surface area (Å²) in [5, 5.41) is 0. The monoisotopic (exact) mass is 355 g/mol. The van der Waals surface area contributed by atoms with Gasteiger partial charge in [-0.3, -0.25) is 9.59 Å². The quantitative estimate of drug-likeness (QED) is 0.682. The molecule has 0 aliphatic heterocycles. The van der Waals surface area contributed by atoms with Gasteiger partial charge in [0.15, 0.2) is 0 Å². The summed E-state index contributed by atoms with van der Waals surface area (Å²) >= 11 is 0. The topological polar surface area (TPSA) is 55.8 Å². The van der Waals surface area contributed by atoms with Gasteiger partial charge in [0.2, 0.25) is 5.91 Å². The number of carbonyl (C=O) groups excluding carboxylic acids is 2. The Labute approximate surface area is 154 Å². The molecule has 2 aromatic carbocycles. The Kier molecular flexibility index (Phi) is 7.21. The van der Waals surface area contributed by atoms with Gasteiger partial charge in [-0.2, -0.15) is 0 Å². The number of ether oxygens (including phenoxy) is 2. The Morgan fingerprint density at radius 3 is 2.42 bits per heavy atom. The van der Waals surface area contributed by atoms with E-state index in [4.69, 9.17) is 9.47 Å². The average molecular weight is 355 g/mol. The van der Waals surface area contributed by atoms with Crippen LogP contribution in [0.5, 0.6) is 5.75 Å². The number of methoxy groups -OCH3 is 1. The second kappa shape index (κ2) is 9.61. The molecule has 0 aliphatic rings. The summed E-state index contributed by atoms with van der Waals surface area (Å²) in [7, 11) is 1.32. The van der Waals surface area contributed by atoms with E-state index in [0.717, 1.165) is 22.4 Å². The Morgan fingerprint density at radius 2 is 1.77 bits per heavy atom. The number of carbonyl (C=O) groups is 2. The predicted octanol–water partition coefficient (Wildman–Crippen LogP) is 3.27. The van der Waals surface area contributed by atoms with Crippen LogP contribution in [0, 0.1) is 13.8 Å². The van der Waals surface area contributed by atoms with Crippen LogP contribution >= 0.6 is 0 Å². The Morgan fingerprint density at radius 1 is 1.04 bits per heavy atom. The van der Waals surface area contributed by atoms with Gasteiger partial charge in [-0.05, 0) is 31.0 Å². The molecule has 5 nitrogen and oxygen atoms in total. The van der Waals surface area contributed by atoms with Gasteiger partial charge >= 0.3 is 5.97 Å². The number of rotatable bonds is 8. The van der Waals surface area contributed by atoms with Crippen molar-refractivity contribution in [2.24, 2.45) is 0 Å². The predicted molar refractivity (Wildman–Crippen MR) is 99.9 cm³/mol. The molecule has 0 heterocycles. The smallest absolute Gasteiger partial charge is 0.325 e. The molecular formula is C21H25NO4. The van der Waals surface area contributed by atoms with Gasteiger partial charge in [0, 0.05) is 6.54 Å². The minimum absolute atomic E-state index is 0.0756. The van der Waals surface area contributed by atoms with Gasteiger partial charge in [-0.15, -0.1) is 0 Å². The molecule has 0 atom stereocenters. The summed E-state index contributed by atoms with van der Waals surface area (Å²) in [6.45, 7) is 4.54. The van der Waals surface area contributed by atoms with E-state index in [0.29, 0.717) is 6.54 Å². The molecule has 0 aromatic heterocycles. The Balaban J connectivity index is 1.95. The van der Waals surface area contributed by atoms with Gasteiger partial charge < -0.3 is 14.4 Å². The molecule has 1 amide bonds. The maximum atomic E-state index is 12.6. The molecule has 2 rings (SSSR count). The lowest BCUT2D eigenvalue weighted by atomic mass is 10.1. The number of amides is 1. The van der Waals surface area contributed by atoms with Crippen LogP contribution in [0.1, 0.15) is 23.1 Å². The second-order valence-electron chi connectivity index (χ2n) is 6.18. The third kappa shape index (κ3) is 5.92. The first kappa shape index (κ1) is 19.5.